The normalized spacial score (nSPS) is 12.1. The van der Waals surface area contributed by atoms with Crippen molar-refractivity contribution in [2.24, 2.45) is 5.92 Å². The molecule has 0 spiro atoms. The van der Waals surface area contributed by atoms with Crippen LogP contribution in [0.25, 0.3) is 43.4 Å². The number of H-pyrrole nitrogens is 1. The number of aromatic nitrogens is 1. The lowest BCUT2D eigenvalue weighted by Gasteiger charge is -2.09. The van der Waals surface area contributed by atoms with Crippen LogP contribution >= 0.6 is 0 Å². The summed E-state index contributed by atoms with van der Waals surface area (Å²) in [4.78, 5) is 3.64. The second-order valence-electron chi connectivity index (χ2n) is 7.50. The van der Waals surface area contributed by atoms with Crippen LogP contribution in [0.2, 0.25) is 0 Å². The smallest absolute Gasteiger partial charge is 0.0471 e. The predicted molar refractivity (Wildman–Crippen MR) is 109 cm³/mol. The fourth-order valence-corrected chi connectivity index (χ4v) is 4.05. The fourth-order valence-electron chi connectivity index (χ4n) is 4.05. The van der Waals surface area contributed by atoms with Crippen LogP contribution < -0.4 is 0 Å². The molecule has 5 aromatic rings. The quantitative estimate of drug-likeness (QED) is 0.366. The zero-order chi connectivity index (χ0) is 17.0. The Balaban J connectivity index is 1.85. The number of aromatic amines is 1. The first-order valence-corrected chi connectivity index (χ1v) is 9.05. The third-order valence-corrected chi connectivity index (χ3v) is 5.18. The van der Waals surface area contributed by atoms with E-state index in [1.807, 2.05) is 0 Å². The highest BCUT2D eigenvalue weighted by Crippen LogP contribution is 2.33. The standard InChI is InChI=1S/C24H21N/c1-15(2)10-18-8-5-9-19-12-22-21-11-16-6-3-4-7-17(16)13-23(21)25-24(22)14-20(18)19/h3-9,11-15,25H,10H2,1-2H3. The van der Waals surface area contributed by atoms with Crippen molar-refractivity contribution in [2.75, 3.05) is 0 Å². The summed E-state index contributed by atoms with van der Waals surface area (Å²) in [6.45, 7) is 4.57. The minimum absolute atomic E-state index is 0.661. The zero-order valence-electron chi connectivity index (χ0n) is 14.6. The molecule has 25 heavy (non-hydrogen) atoms. The molecule has 0 aliphatic carbocycles. The highest BCUT2D eigenvalue weighted by molar-refractivity contribution is 6.15. The van der Waals surface area contributed by atoms with Crippen LogP contribution in [0.4, 0.5) is 0 Å². The number of rotatable bonds is 2. The summed E-state index contributed by atoms with van der Waals surface area (Å²) >= 11 is 0. The van der Waals surface area contributed by atoms with Crippen molar-refractivity contribution in [2.45, 2.75) is 20.3 Å². The molecule has 4 aromatic carbocycles. The highest BCUT2D eigenvalue weighted by Gasteiger charge is 2.10. The van der Waals surface area contributed by atoms with Crippen molar-refractivity contribution in [3.05, 3.63) is 72.3 Å². The summed E-state index contributed by atoms with van der Waals surface area (Å²) in [5, 5.41) is 7.91. The Morgan fingerprint density at radius 2 is 1.32 bits per heavy atom. The van der Waals surface area contributed by atoms with Gasteiger partial charge in [0.25, 0.3) is 0 Å². The molecular formula is C24H21N. The molecular weight excluding hydrogens is 302 g/mol. The first kappa shape index (κ1) is 14.5. The molecule has 0 amide bonds. The number of nitrogens with one attached hydrogen (secondary N) is 1. The van der Waals surface area contributed by atoms with Gasteiger partial charge < -0.3 is 4.98 Å². The summed E-state index contributed by atoms with van der Waals surface area (Å²) in [6.07, 6.45) is 1.12. The maximum absolute atomic E-state index is 3.64. The van der Waals surface area contributed by atoms with Gasteiger partial charge in [-0.15, -0.1) is 0 Å². The topological polar surface area (TPSA) is 15.8 Å². The molecule has 1 nitrogen and oxygen atoms in total. The molecule has 1 aromatic heterocycles. The first-order chi connectivity index (χ1) is 12.2. The molecule has 0 fully saturated rings. The van der Waals surface area contributed by atoms with Crippen LogP contribution in [-0.2, 0) is 6.42 Å². The summed E-state index contributed by atoms with van der Waals surface area (Å²) < 4.78 is 0. The van der Waals surface area contributed by atoms with Crippen molar-refractivity contribution in [1.82, 2.24) is 4.98 Å². The van der Waals surface area contributed by atoms with Gasteiger partial charge in [0.2, 0.25) is 0 Å². The van der Waals surface area contributed by atoms with E-state index in [4.69, 9.17) is 0 Å². The van der Waals surface area contributed by atoms with Crippen molar-refractivity contribution in [3.8, 4) is 0 Å². The van der Waals surface area contributed by atoms with Gasteiger partial charge in [0.15, 0.2) is 0 Å². The van der Waals surface area contributed by atoms with E-state index in [1.54, 1.807) is 0 Å². The minimum Gasteiger partial charge on any atom is -0.354 e. The van der Waals surface area contributed by atoms with Gasteiger partial charge in [-0.05, 0) is 63.7 Å². The van der Waals surface area contributed by atoms with Crippen LogP contribution in [-0.4, -0.2) is 4.98 Å². The molecule has 0 saturated carbocycles. The summed E-state index contributed by atoms with van der Waals surface area (Å²) in [5.74, 6) is 0.661. The predicted octanol–water partition coefficient (Wildman–Crippen LogP) is 6.83. The van der Waals surface area contributed by atoms with Gasteiger partial charge in [0.1, 0.15) is 0 Å². The van der Waals surface area contributed by atoms with Gasteiger partial charge >= 0.3 is 0 Å². The Hall–Kier alpha value is -2.80. The van der Waals surface area contributed by atoms with E-state index in [2.05, 4.69) is 85.6 Å². The van der Waals surface area contributed by atoms with Crippen LogP contribution in [0.1, 0.15) is 19.4 Å². The molecule has 1 heterocycles. The largest absolute Gasteiger partial charge is 0.354 e. The van der Waals surface area contributed by atoms with Crippen molar-refractivity contribution in [3.63, 3.8) is 0 Å². The number of hydrogen-bond donors (Lipinski definition) is 1. The molecule has 122 valence electrons. The van der Waals surface area contributed by atoms with Gasteiger partial charge in [-0.1, -0.05) is 56.3 Å². The van der Waals surface area contributed by atoms with Gasteiger partial charge in [-0.3, -0.25) is 0 Å². The zero-order valence-corrected chi connectivity index (χ0v) is 14.6. The van der Waals surface area contributed by atoms with Crippen LogP contribution in [0.5, 0.6) is 0 Å². The third kappa shape index (κ3) is 2.31. The molecule has 0 unspecified atom stereocenters. The number of hydrogen-bond acceptors (Lipinski definition) is 0. The summed E-state index contributed by atoms with van der Waals surface area (Å²) in [7, 11) is 0. The van der Waals surface area contributed by atoms with E-state index >= 15 is 0 Å². The van der Waals surface area contributed by atoms with Gasteiger partial charge in [0, 0.05) is 21.8 Å². The summed E-state index contributed by atoms with van der Waals surface area (Å²) in [5.41, 5.74) is 3.89. The van der Waals surface area contributed by atoms with E-state index in [-0.39, 0.29) is 0 Å². The second-order valence-corrected chi connectivity index (χ2v) is 7.50. The van der Waals surface area contributed by atoms with Crippen molar-refractivity contribution in [1.29, 1.82) is 0 Å². The lowest BCUT2D eigenvalue weighted by molar-refractivity contribution is 0.650. The Morgan fingerprint density at radius 1 is 0.680 bits per heavy atom. The second kappa shape index (κ2) is 5.35. The van der Waals surface area contributed by atoms with Gasteiger partial charge in [0.05, 0.1) is 0 Å². The maximum atomic E-state index is 3.64. The van der Waals surface area contributed by atoms with E-state index in [1.165, 1.54) is 48.9 Å². The molecule has 0 radical (unpaired) electrons. The molecule has 0 aliphatic rings. The van der Waals surface area contributed by atoms with E-state index < -0.39 is 0 Å². The average molecular weight is 323 g/mol. The van der Waals surface area contributed by atoms with Gasteiger partial charge in [-0.2, -0.15) is 0 Å². The monoisotopic (exact) mass is 323 g/mol. The Bertz CT molecular complexity index is 1240. The molecule has 1 heteroatoms. The first-order valence-electron chi connectivity index (χ1n) is 9.05. The Labute approximate surface area is 147 Å². The molecule has 0 aliphatic heterocycles. The average Bonchev–Trinajstić information content (AvgIpc) is 2.94. The van der Waals surface area contributed by atoms with Crippen LogP contribution in [0.15, 0.2) is 66.7 Å². The van der Waals surface area contributed by atoms with E-state index in [9.17, 15) is 0 Å². The lowest BCUT2D eigenvalue weighted by Crippen LogP contribution is -1.94. The van der Waals surface area contributed by atoms with E-state index in [0.717, 1.165) is 6.42 Å². The SMILES string of the molecule is CC(C)Cc1cccc2cc3c(cc12)[nH]c1cc2ccccc2cc13. The maximum Gasteiger partial charge on any atom is 0.0471 e. The molecule has 5 rings (SSSR count). The molecule has 1 N–H and O–H groups in total. The Morgan fingerprint density at radius 3 is 2.08 bits per heavy atom. The van der Waals surface area contributed by atoms with Crippen LogP contribution in [0.3, 0.4) is 0 Å². The van der Waals surface area contributed by atoms with Crippen LogP contribution in [0, 0.1) is 5.92 Å². The number of fused-ring (bicyclic) bond motifs is 5. The lowest BCUT2D eigenvalue weighted by atomic mass is 9.95. The minimum atomic E-state index is 0.661. The van der Waals surface area contributed by atoms with E-state index in [0.29, 0.717) is 5.92 Å². The van der Waals surface area contributed by atoms with Crippen molar-refractivity contribution < 1.29 is 0 Å². The van der Waals surface area contributed by atoms with Crippen molar-refractivity contribution >= 4 is 43.4 Å². The molecule has 0 atom stereocenters. The molecule has 0 saturated heterocycles. The van der Waals surface area contributed by atoms with Gasteiger partial charge in [-0.25, -0.2) is 0 Å². The molecule has 0 bridgehead atoms. The summed E-state index contributed by atoms with van der Waals surface area (Å²) in [6, 6.07) is 24.5. The Kier molecular flexibility index (Phi) is 3.11. The fraction of sp³-hybridized carbons (Fsp3) is 0.167. The number of benzene rings is 4. The third-order valence-electron chi connectivity index (χ3n) is 5.18. The highest BCUT2D eigenvalue weighted by atomic mass is 14.7.